The van der Waals surface area contributed by atoms with E-state index in [1.807, 2.05) is 36.4 Å². The Kier molecular flexibility index (Phi) is 9.64. The van der Waals surface area contributed by atoms with Gasteiger partial charge in [-0.25, -0.2) is 0 Å². The van der Waals surface area contributed by atoms with Gasteiger partial charge in [0.05, 0.1) is 0 Å². The first-order valence-electron chi connectivity index (χ1n) is 11.2. The summed E-state index contributed by atoms with van der Waals surface area (Å²) in [6, 6.07) is 20.6. The Morgan fingerprint density at radius 2 is 1.68 bits per heavy atom. The zero-order chi connectivity index (χ0) is 21.7. The molecule has 0 aliphatic carbocycles. The van der Waals surface area contributed by atoms with E-state index in [9.17, 15) is 4.79 Å². The molecule has 3 rings (SSSR count). The lowest BCUT2D eigenvalue weighted by molar-refractivity contribution is -0.121. The minimum absolute atomic E-state index is 0.165. The fourth-order valence-electron chi connectivity index (χ4n) is 3.37. The molecule has 164 valence electrons. The molecule has 31 heavy (non-hydrogen) atoms. The fourth-order valence-corrected chi connectivity index (χ4v) is 4.33. The molecule has 2 aromatic carbocycles. The molecule has 1 amide bonds. The van der Waals surface area contributed by atoms with Crippen molar-refractivity contribution in [3.63, 3.8) is 0 Å². The van der Waals surface area contributed by atoms with Crippen LogP contribution in [0.5, 0.6) is 0 Å². The first kappa shape index (κ1) is 23.1. The Bertz CT molecular complexity index is 912. The molecule has 0 saturated carbocycles. The molecule has 3 aromatic rings. The zero-order valence-electron chi connectivity index (χ0n) is 18.3. The smallest absolute Gasteiger partial charge is 0.219 e. The number of amides is 1. The summed E-state index contributed by atoms with van der Waals surface area (Å²) in [5, 5.41) is 12.9. The molecule has 0 atom stereocenters. The Labute approximate surface area is 189 Å². The number of carbonyl (C=O) groups is 1. The Morgan fingerprint density at radius 1 is 0.935 bits per heavy atom. The van der Waals surface area contributed by atoms with Gasteiger partial charge in [-0.3, -0.25) is 9.36 Å². The third-order valence-corrected chi connectivity index (χ3v) is 6.07. The first-order valence-corrected chi connectivity index (χ1v) is 12.2. The molecule has 0 bridgehead atoms. The summed E-state index contributed by atoms with van der Waals surface area (Å²) in [6.45, 7) is 2.97. The van der Waals surface area contributed by atoms with Crippen molar-refractivity contribution in [1.29, 1.82) is 0 Å². The predicted octanol–water partition coefficient (Wildman–Crippen LogP) is 5.43. The topological polar surface area (TPSA) is 59.8 Å². The molecule has 0 unspecified atom stereocenters. The Balaban J connectivity index is 1.54. The normalized spacial score (nSPS) is 10.9. The second kappa shape index (κ2) is 13.0. The lowest BCUT2D eigenvalue weighted by Crippen LogP contribution is -2.23. The molecule has 1 aromatic heterocycles. The van der Waals surface area contributed by atoms with Crippen molar-refractivity contribution in [2.75, 3.05) is 12.3 Å². The average molecular weight is 437 g/mol. The summed E-state index contributed by atoms with van der Waals surface area (Å²) in [5.41, 5.74) is 2.29. The van der Waals surface area contributed by atoms with Crippen molar-refractivity contribution in [3.05, 3.63) is 72.1 Å². The van der Waals surface area contributed by atoms with Gasteiger partial charge in [0.2, 0.25) is 5.91 Å². The Hall–Kier alpha value is -2.60. The van der Waals surface area contributed by atoms with Crippen LogP contribution in [-0.4, -0.2) is 33.0 Å². The maximum atomic E-state index is 11.9. The van der Waals surface area contributed by atoms with Gasteiger partial charge in [-0.05, 0) is 37.0 Å². The number of rotatable bonds is 13. The van der Waals surface area contributed by atoms with Crippen LogP contribution in [0.15, 0.2) is 65.8 Å². The molecule has 5 nitrogen and oxygen atoms in total. The SMILES string of the molecule is CCCCCNC(=O)CCCCSc1nnc(Cc2ccccc2)n1-c1ccccc1. The summed E-state index contributed by atoms with van der Waals surface area (Å²) >= 11 is 1.71. The highest BCUT2D eigenvalue weighted by molar-refractivity contribution is 7.99. The molecular weight excluding hydrogens is 404 g/mol. The van der Waals surface area contributed by atoms with Gasteiger partial charge in [-0.15, -0.1) is 10.2 Å². The van der Waals surface area contributed by atoms with Gasteiger partial charge in [-0.2, -0.15) is 0 Å². The number of carbonyl (C=O) groups excluding carboxylic acids is 1. The number of benzene rings is 2. The van der Waals surface area contributed by atoms with Gasteiger partial charge in [0, 0.05) is 30.8 Å². The molecule has 1 N–H and O–H groups in total. The number of nitrogens with zero attached hydrogens (tertiary/aromatic N) is 3. The van der Waals surface area contributed by atoms with Gasteiger partial charge in [0.25, 0.3) is 0 Å². The number of aromatic nitrogens is 3. The van der Waals surface area contributed by atoms with Crippen LogP contribution in [0.2, 0.25) is 0 Å². The summed E-state index contributed by atoms with van der Waals surface area (Å²) in [4.78, 5) is 11.9. The summed E-state index contributed by atoms with van der Waals surface area (Å²) in [6.07, 6.45) is 6.61. The Morgan fingerprint density at radius 3 is 2.42 bits per heavy atom. The standard InChI is InChI=1S/C25H32N4OS/c1-2-3-11-18-26-24(30)17-10-12-19-31-25-28-27-23(20-21-13-6-4-7-14-21)29(25)22-15-8-5-9-16-22/h4-9,13-16H,2-3,10-12,17-20H2,1H3,(H,26,30). The largest absolute Gasteiger partial charge is 0.356 e. The van der Waals surface area contributed by atoms with Crippen molar-refractivity contribution >= 4 is 17.7 Å². The van der Waals surface area contributed by atoms with E-state index in [0.29, 0.717) is 6.42 Å². The number of para-hydroxylation sites is 1. The second-order valence-corrected chi connectivity index (χ2v) is 8.66. The maximum Gasteiger partial charge on any atom is 0.219 e. The van der Waals surface area contributed by atoms with Gasteiger partial charge >= 0.3 is 0 Å². The molecule has 0 saturated heterocycles. The molecule has 0 aliphatic rings. The van der Waals surface area contributed by atoms with Crippen LogP contribution in [0, 0.1) is 0 Å². The first-order chi connectivity index (χ1) is 15.3. The van der Waals surface area contributed by atoms with Gasteiger partial charge in [-0.1, -0.05) is 80.1 Å². The van der Waals surface area contributed by atoms with Gasteiger partial charge in [0.1, 0.15) is 5.82 Å². The van der Waals surface area contributed by atoms with E-state index in [2.05, 4.69) is 51.3 Å². The maximum absolute atomic E-state index is 11.9. The molecule has 0 spiro atoms. The highest BCUT2D eigenvalue weighted by atomic mass is 32.2. The van der Waals surface area contributed by atoms with Gasteiger partial charge in [0.15, 0.2) is 5.16 Å². The van der Waals surface area contributed by atoms with Crippen molar-refractivity contribution in [1.82, 2.24) is 20.1 Å². The van der Waals surface area contributed by atoms with Crippen molar-refractivity contribution < 1.29 is 4.79 Å². The average Bonchev–Trinajstić information content (AvgIpc) is 3.20. The highest BCUT2D eigenvalue weighted by Crippen LogP contribution is 2.24. The number of unbranched alkanes of at least 4 members (excludes halogenated alkanes) is 3. The van der Waals surface area contributed by atoms with Crippen LogP contribution < -0.4 is 5.32 Å². The van der Waals surface area contributed by atoms with Crippen LogP contribution in [0.4, 0.5) is 0 Å². The molecule has 0 aliphatic heterocycles. The van der Waals surface area contributed by atoms with E-state index in [1.54, 1.807) is 11.8 Å². The zero-order valence-corrected chi connectivity index (χ0v) is 19.1. The lowest BCUT2D eigenvalue weighted by atomic mass is 10.1. The number of hydrogen-bond donors (Lipinski definition) is 1. The lowest BCUT2D eigenvalue weighted by Gasteiger charge is -2.10. The molecule has 0 radical (unpaired) electrons. The van der Waals surface area contributed by atoms with Crippen molar-refractivity contribution in [2.45, 2.75) is 57.0 Å². The minimum Gasteiger partial charge on any atom is -0.356 e. The third kappa shape index (κ3) is 7.55. The number of hydrogen-bond acceptors (Lipinski definition) is 4. The van der Waals surface area contributed by atoms with Crippen molar-refractivity contribution in [3.8, 4) is 5.69 Å². The fraction of sp³-hybridized carbons (Fsp3) is 0.400. The molecular formula is C25H32N4OS. The summed E-state index contributed by atoms with van der Waals surface area (Å²) in [7, 11) is 0. The van der Waals surface area contributed by atoms with Crippen molar-refractivity contribution in [2.24, 2.45) is 0 Å². The predicted molar refractivity (Wildman–Crippen MR) is 128 cm³/mol. The van der Waals surface area contributed by atoms with E-state index < -0.39 is 0 Å². The highest BCUT2D eigenvalue weighted by Gasteiger charge is 2.14. The van der Waals surface area contributed by atoms with E-state index in [0.717, 1.165) is 54.6 Å². The third-order valence-electron chi connectivity index (χ3n) is 5.05. The van der Waals surface area contributed by atoms with E-state index in [-0.39, 0.29) is 5.91 Å². The number of thioether (sulfide) groups is 1. The van der Waals surface area contributed by atoms with Crippen LogP contribution in [-0.2, 0) is 11.2 Å². The van der Waals surface area contributed by atoms with E-state index in [4.69, 9.17) is 0 Å². The van der Waals surface area contributed by atoms with Crippen LogP contribution in [0.25, 0.3) is 5.69 Å². The number of nitrogens with one attached hydrogen (secondary N) is 1. The quantitative estimate of drug-likeness (QED) is 0.287. The monoisotopic (exact) mass is 436 g/mol. The molecule has 0 fully saturated rings. The second-order valence-electron chi connectivity index (χ2n) is 7.59. The molecule has 6 heteroatoms. The van der Waals surface area contributed by atoms with Crippen LogP contribution in [0.1, 0.15) is 56.8 Å². The minimum atomic E-state index is 0.165. The van der Waals surface area contributed by atoms with E-state index >= 15 is 0 Å². The van der Waals surface area contributed by atoms with Crippen LogP contribution >= 0.6 is 11.8 Å². The molecule has 1 heterocycles. The van der Waals surface area contributed by atoms with Crippen LogP contribution in [0.3, 0.4) is 0 Å². The summed E-state index contributed by atoms with van der Waals surface area (Å²) in [5.74, 6) is 2.02. The summed E-state index contributed by atoms with van der Waals surface area (Å²) < 4.78 is 2.15. The van der Waals surface area contributed by atoms with Gasteiger partial charge < -0.3 is 5.32 Å². The van der Waals surface area contributed by atoms with E-state index in [1.165, 1.54) is 18.4 Å².